The molecule has 0 bridgehead atoms. The van der Waals surface area contributed by atoms with Crippen molar-refractivity contribution in [3.05, 3.63) is 24.3 Å². The first-order valence-electron chi connectivity index (χ1n) is 5.77. The summed E-state index contributed by atoms with van der Waals surface area (Å²) >= 11 is 0. The average molecular weight is 235 g/mol. The van der Waals surface area contributed by atoms with Crippen molar-refractivity contribution in [2.24, 2.45) is 0 Å². The van der Waals surface area contributed by atoms with Crippen LogP contribution in [0.25, 0.3) is 0 Å². The second-order valence-electron chi connectivity index (χ2n) is 4.78. The third-order valence-corrected chi connectivity index (χ3v) is 3.24. The highest BCUT2D eigenvalue weighted by molar-refractivity contribution is 5.89. The number of nitrogen functional groups attached to an aromatic ring is 1. The maximum atomic E-state index is 12.0. The summed E-state index contributed by atoms with van der Waals surface area (Å²) in [7, 11) is 1.80. The third kappa shape index (κ3) is 3.37. The number of carbonyl (C=O) groups is 1. The molecule has 1 aromatic carbocycles. The van der Waals surface area contributed by atoms with Gasteiger partial charge in [-0.3, -0.25) is 0 Å². The number of nitrogens with zero attached hydrogens (tertiary/aromatic N) is 1. The molecule has 17 heavy (non-hydrogen) atoms. The predicted octanol–water partition coefficient (Wildman–Crippen LogP) is 2.92. The summed E-state index contributed by atoms with van der Waals surface area (Å²) < 4.78 is 0. The molecule has 0 atom stereocenters. The maximum absolute atomic E-state index is 12.0. The summed E-state index contributed by atoms with van der Waals surface area (Å²) in [4.78, 5) is 13.7. The van der Waals surface area contributed by atoms with Gasteiger partial charge in [0.15, 0.2) is 0 Å². The highest BCUT2D eigenvalue weighted by Crippen LogP contribution is 2.18. The number of amides is 2. The molecule has 4 heteroatoms. The van der Waals surface area contributed by atoms with Crippen molar-refractivity contribution in [2.45, 2.75) is 32.7 Å². The fraction of sp³-hybridized carbons (Fsp3) is 0.462. The minimum absolute atomic E-state index is 0.110. The van der Waals surface area contributed by atoms with Crippen LogP contribution >= 0.6 is 0 Å². The fourth-order valence-electron chi connectivity index (χ4n) is 1.29. The Bertz CT molecular complexity index is 384. The molecule has 0 spiro atoms. The third-order valence-electron chi connectivity index (χ3n) is 3.24. The molecule has 0 aliphatic carbocycles. The van der Waals surface area contributed by atoms with Gasteiger partial charge in [-0.2, -0.15) is 0 Å². The average Bonchev–Trinajstić information content (AvgIpc) is 2.31. The lowest BCUT2D eigenvalue weighted by molar-refractivity contribution is 0.165. The van der Waals surface area contributed by atoms with Gasteiger partial charge in [0.25, 0.3) is 0 Å². The molecule has 0 fully saturated rings. The Balaban J connectivity index is 2.69. The zero-order chi connectivity index (χ0) is 13.1. The molecule has 94 valence electrons. The molecule has 2 amide bonds. The van der Waals surface area contributed by atoms with Gasteiger partial charge < -0.3 is 16.0 Å². The Morgan fingerprint density at radius 3 is 2.35 bits per heavy atom. The quantitative estimate of drug-likeness (QED) is 0.791. The van der Waals surface area contributed by atoms with E-state index in [1.807, 2.05) is 13.8 Å². The van der Waals surface area contributed by atoms with E-state index in [0.717, 1.165) is 12.1 Å². The zero-order valence-electron chi connectivity index (χ0n) is 10.9. The minimum atomic E-state index is -0.155. The maximum Gasteiger partial charge on any atom is 0.322 e. The van der Waals surface area contributed by atoms with Crippen LogP contribution in [0.2, 0.25) is 0 Å². The van der Waals surface area contributed by atoms with Crippen LogP contribution in [-0.2, 0) is 0 Å². The summed E-state index contributed by atoms with van der Waals surface area (Å²) in [6.45, 7) is 6.14. The predicted molar refractivity (Wildman–Crippen MR) is 72.0 cm³/mol. The SMILES string of the molecule is CCC(C)(C)N(C)C(=O)Nc1ccc(N)cc1. The van der Waals surface area contributed by atoms with E-state index >= 15 is 0 Å². The molecule has 4 nitrogen and oxygen atoms in total. The van der Waals surface area contributed by atoms with E-state index in [2.05, 4.69) is 12.2 Å². The van der Waals surface area contributed by atoms with Crippen molar-refractivity contribution in [2.75, 3.05) is 18.1 Å². The zero-order valence-corrected chi connectivity index (χ0v) is 10.9. The normalized spacial score (nSPS) is 11.1. The number of nitrogens with one attached hydrogen (secondary N) is 1. The lowest BCUT2D eigenvalue weighted by atomic mass is 10.0. The highest BCUT2D eigenvalue weighted by Gasteiger charge is 2.25. The second-order valence-corrected chi connectivity index (χ2v) is 4.78. The van der Waals surface area contributed by atoms with Crippen LogP contribution in [0.5, 0.6) is 0 Å². The second kappa shape index (κ2) is 5.08. The summed E-state index contributed by atoms with van der Waals surface area (Å²) in [5.74, 6) is 0. The molecular formula is C13H21N3O. The molecule has 1 aromatic rings. The molecule has 3 N–H and O–H groups in total. The van der Waals surface area contributed by atoms with Crippen LogP contribution in [-0.4, -0.2) is 23.5 Å². The molecule has 0 saturated carbocycles. The standard InChI is InChI=1S/C13H21N3O/c1-5-13(2,3)16(4)12(17)15-11-8-6-10(14)7-9-11/h6-9H,5,14H2,1-4H3,(H,15,17). The number of hydrogen-bond donors (Lipinski definition) is 2. The van der Waals surface area contributed by atoms with E-state index < -0.39 is 0 Å². The van der Waals surface area contributed by atoms with Crippen LogP contribution in [0.4, 0.5) is 16.2 Å². The van der Waals surface area contributed by atoms with Crippen molar-refractivity contribution < 1.29 is 4.79 Å². The molecule has 0 saturated heterocycles. The van der Waals surface area contributed by atoms with Crippen LogP contribution in [0.15, 0.2) is 24.3 Å². The smallest absolute Gasteiger partial charge is 0.322 e. The lowest BCUT2D eigenvalue weighted by Crippen LogP contribution is -2.46. The number of nitrogens with two attached hydrogens (primary N) is 1. The number of hydrogen-bond acceptors (Lipinski definition) is 2. The molecule has 0 aliphatic heterocycles. The number of urea groups is 1. The first-order chi connectivity index (χ1) is 7.86. The van der Waals surface area contributed by atoms with Crippen LogP contribution in [0.3, 0.4) is 0 Å². The van der Waals surface area contributed by atoms with Crippen molar-refractivity contribution in [1.82, 2.24) is 4.90 Å². The first-order valence-corrected chi connectivity index (χ1v) is 5.77. The number of benzene rings is 1. The molecular weight excluding hydrogens is 214 g/mol. The van der Waals surface area contributed by atoms with E-state index in [9.17, 15) is 4.79 Å². The van der Waals surface area contributed by atoms with Gasteiger partial charge >= 0.3 is 6.03 Å². The van der Waals surface area contributed by atoms with E-state index in [4.69, 9.17) is 5.73 Å². The molecule has 0 unspecified atom stereocenters. The van der Waals surface area contributed by atoms with E-state index in [1.165, 1.54) is 0 Å². The Labute approximate surface area is 103 Å². The Morgan fingerprint density at radius 1 is 1.35 bits per heavy atom. The largest absolute Gasteiger partial charge is 0.399 e. The van der Waals surface area contributed by atoms with Crippen molar-refractivity contribution in [3.8, 4) is 0 Å². The van der Waals surface area contributed by atoms with Crippen molar-refractivity contribution in [3.63, 3.8) is 0 Å². The van der Waals surface area contributed by atoms with E-state index in [1.54, 1.807) is 36.2 Å². The van der Waals surface area contributed by atoms with Gasteiger partial charge in [-0.25, -0.2) is 4.79 Å². The Morgan fingerprint density at radius 2 is 1.88 bits per heavy atom. The van der Waals surface area contributed by atoms with Crippen LogP contribution in [0.1, 0.15) is 27.2 Å². The van der Waals surface area contributed by atoms with Gasteiger partial charge in [0.1, 0.15) is 0 Å². The summed E-state index contributed by atoms with van der Waals surface area (Å²) in [6.07, 6.45) is 0.901. The molecule has 1 rings (SSSR count). The summed E-state index contributed by atoms with van der Waals surface area (Å²) in [6, 6.07) is 7.00. The van der Waals surface area contributed by atoms with Gasteiger partial charge in [-0.1, -0.05) is 6.92 Å². The summed E-state index contributed by atoms with van der Waals surface area (Å²) in [5, 5.41) is 2.84. The van der Waals surface area contributed by atoms with Gasteiger partial charge in [-0.05, 0) is 44.5 Å². The van der Waals surface area contributed by atoms with Crippen molar-refractivity contribution >= 4 is 17.4 Å². The number of anilines is 2. The first kappa shape index (κ1) is 13.4. The number of carbonyl (C=O) groups excluding carboxylic acids is 1. The fourth-order valence-corrected chi connectivity index (χ4v) is 1.29. The van der Waals surface area contributed by atoms with Gasteiger partial charge in [-0.15, -0.1) is 0 Å². The Kier molecular flexibility index (Phi) is 3.99. The lowest BCUT2D eigenvalue weighted by Gasteiger charge is -2.34. The van der Waals surface area contributed by atoms with Gasteiger partial charge in [0.05, 0.1) is 0 Å². The topological polar surface area (TPSA) is 58.4 Å². The molecule has 0 radical (unpaired) electrons. The monoisotopic (exact) mass is 235 g/mol. The van der Waals surface area contributed by atoms with Crippen molar-refractivity contribution in [1.29, 1.82) is 0 Å². The van der Waals surface area contributed by atoms with E-state index in [-0.39, 0.29) is 11.6 Å². The highest BCUT2D eigenvalue weighted by atomic mass is 16.2. The molecule has 0 aliphatic rings. The van der Waals surface area contributed by atoms with Crippen LogP contribution < -0.4 is 11.1 Å². The number of rotatable bonds is 3. The molecule has 0 heterocycles. The van der Waals surface area contributed by atoms with E-state index in [0.29, 0.717) is 5.69 Å². The molecule has 0 aromatic heterocycles. The van der Waals surface area contributed by atoms with Gasteiger partial charge in [0.2, 0.25) is 0 Å². The minimum Gasteiger partial charge on any atom is -0.399 e. The van der Waals surface area contributed by atoms with Gasteiger partial charge in [0, 0.05) is 24.0 Å². The Hall–Kier alpha value is -1.71. The summed E-state index contributed by atoms with van der Waals surface area (Å²) in [5.41, 5.74) is 6.87. The van der Waals surface area contributed by atoms with Crippen LogP contribution in [0, 0.1) is 0 Å².